The summed E-state index contributed by atoms with van der Waals surface area (Å²) in [5.41, 5.74) is 3.51. The van der Waals surface area contributed by atoms with Crippen molar-refractivity contribution in [2.24, 2.45) is 0 Å². The number of hydrogen-bond donors (Lipinski definition) is 0. The van der Waals surface area contributed by atoms with Gasteiger partial charge in [-0.15, -0.1) is 0 Å². The standard InChI is InChI=1S/C27H24N4O3/c1-19-8-6-11-21(14-19)16-29-18-28-25-24(29)26(32)30(17-20-9-4-3-5-10-20)27(33)31(25)22-12-7-13-23(15-22)34-2/h3-15,18H,16-17H2,1-2H3. The second kappa shape index (κ2) is 8.86. The zero-order chi connectivity index (χ0) is 23.7. The van der Waals surface area contributed by atoms with E-state index < -0.39 is 5.69 Å². The summed E-state index contributed by atoms with van der Waals surface area (Å²) in [7, 11) is 1.57. The van der Waals surface area contributed by atoms with Crippen molar-refractivity contribution >= 4 is 11.2 Å². The third kappa shape index (κ3) is 3.92. The second-order valence-corrected chi connectivity index (χ2v) is 8.23. The monoisotopic (exact) mass is 452 g/mol. The number of aryl methyl sites for hydroxylation is 1. The summed E-state index contributed by atoms with van der Waals surface area (Å²) in [6.45, 7) is 2.66. The number of fused-ring (bicyclic) bond motifs is 1. The van der Waals surface area contributed by atoms with Crippen LogP contribution in [-0.4, -0.2) is 25.8 Å². The van der Waals surface area contributed by atoms with E-state index in [0.29, 0.717) is 29.1 Å². The van der Waals surface area contributed by atoms with E-state index in [1.807, 2.05) is 72.2 Å². The average molecular weight is 453 g/mol. The number of hydrogen-bond acceptors (Lipinski definition) is 4. The van der Waals surface area contributed by atoms with Gasteiger partial charge in [-0.05, 0) is 30.2 Å². The number of imidazole rings is 1. The van der Waals surface area contributed by atoms with E-state index in [-0.39, 0.29) is 12.1 Å². The highest BCUT2D eigenvalue weighted by molar-refractivity contribution is 5.72. The van der Waals surface area contributed by atoms with Gasteiger partial charge in [0.1, 0.15) is 5.75 Å². The van der Waals surface area contributed by atoms with Crippen molar-refractivity contribution in [1.82, 2.24) is 18.7 Å². The van der Waals surface area contributed by atoms with E-state index in [0.717, 1.165) is 16.7 Å². The van der Waals surface area contributed by atoms with Crippen LogP contribution in [0.2, 0.25) is 0 Å². The lowest BCUT2D eigenvalue weighted by molar-refractivity contribution is 0.414. The molecule has 0 radical (unpaired) electrons. The molecule has 0 spiro atoms. The molecule has 0 unspecified atom stereocenters. The van der Waals surface area contributed by atoms with E-state index in [4.69, 9.17) is 4.74 Å². The molecular formula is C27H24N4O3. The van der Waals surface area contributed by atoms with E-state index in [2.05, 4.69) is 11.1 Å². The molecule has 2 aromatic heterocycles. The van der Waals surface area contributed by atoms with Gasteiger partial charge in [0.05, 0.1) is 25.7 Å². The highest BCUT2D eigenvalue weighted by atomic mass is 16.5. The van der Waals surface area contributed by atoms with E-state index in [1.54, 1.807) is 25.6 Å². The predicted molar refractivity (Wildman–Crippen MR) is 132 cm³/mol. The highest BCUT2D eigenvalue weighted by Crippen LogP contribution is 2.19. The molecular weight excluding hydrogens is 428 g/mol. The van der Waals surface area contributed by atoms with Gasteiger partial charge in [0.15, 0.2) is 11.2 Å². The number of ether oxygens (including phenoxy) is 1. The van der Waals surface area contributed by atoms with Crippen molar-refractivity contribution in [3.8, 4) is 11.4 Å². The van der Waals surface area contributed by atoms with Gasteiger partial charge in [-0.1, -0.05) is 66.2 Å². The summed E-state index contributed by atoms with van der Waals surface area (Å²) in [4.78, 5) is 31.8. The molecule has 0 fully saturated rings. The normalized spacial score (nSPS) is 11.1. The first-order valence-electron chi connectivity index (χ1n) is 11.0. The smallest absolute Gasteiger partial charge is 0.337 e. The van der Waals surface area contributed by atoms with Crippen LogP contribution in [0.1, 0.15) is 16.7 Å². The van der Waals surface area contributed by atoms with Gasteiger partial charge in [-0.3, -0.25) is 9.36 Å². The molecule has 0 aliphatic heterocycles. The summed E-state index contributed by atoms with van der Waals surface area (Å²) in [6, 6.07) is 24.8. The summed E-state index contributed by atoms with van der Waals surface area (Å²) in [6.07, 6.45) is 1.62. The molecule has 34 heavy (non-hydrogen) atoms. The Morgan fingerprint density at radius 2 is 1.62 bits per heavy atom. The molecule has 0 N–H and O–H groups in total. The fourth-order valence-corrected chi connectivity index (χ4v) is 4.19. The van der Waals surface area contributed by atoms with Crippen LogP contribution < -0.4 is 16.0 Å². The zero-order valence-electron chi connectivity index (χ0n) is 19.0. The van der Waals surface area contributed by atoms with Gasteiger partial charge >= 0.3 is 5.69 Å². The molecule has 0 aliphatic carbocycles. The second-order valence-electron chi connectivity index (χ2n) is 8.23. The van der Waals surface area contributed by atoms with Gasteiger partial charge < -0.3 is 9.30 Å². The number of nitrogens with zero attached hydrogens (tertiary/aromatic N) is 4. The lowest BCUT2D eigenvalue weighted by Gasteiger charge is -2.14. The summed E-state index contributed by atoms with van der Waals surface area (Å²) in [5.74, 6) is 0.609. The van der Waals surface area contributed by atoms with E-state index in [1.165, 1.54) is 9.13 Å². The predicted octanol–water partition coefficient (Wildman–Crippen LogP) is 3.76. The first-order valence-corrected chi connectivity index (χ1v) is 11.0. The van der Waals surface area contributed by atoms with Crippen LogP contribution >= 0.6 is 0 Å². The molecule has 7 nitrogen and oxygen atoms in total. The molecule has 5 aromatic rings. The molecule has 2 heterocycles. The van der Waals surface area contributed by atoms with Crippen LogP contribution in [0, 0.1) is 6.92 Å². The minimum atomic E-state index is -0.449. The average Bonchev–Trinajstić information content (AvgIpc) is 3.26. The Bertz CT molecular complexity index is 1600. The molecule has 0 atom stereocenters. The number of rotatable bonds is 6. The van der Waals surface area contributed by atoms with Crippen molar-refractivity contribution < 1.29 is 4.74 Å². The van der Waals surface area contributed by atoms with Crippen molar-refractivity contribution in [2.45, 2.75) is 20.0 Å². The first kappa shape index (κ1) is 21.5. The minimum Gasteiger partial charge on any atom is -0.497 e. The van der Waals surface area contributed by atoms with Crippen molar-refractivity contribution in [3.63, 3.8) is 0 Å². The topological polar surface area (TPSA) is 71.1 Å². The largest absolute Gasteiger partial charge is 0.497 e. The molecule has 7 heteroatoms. The number of benzene rings is 3. The maximum atomic E-state index is 13.7. The van der Waals surface area contributed by atoms with Crippen LogP contribution in [0.15, 0.2) is 94.8 Å². The Morgan fingerprint density at radius 3 is 2.38 bits per heavy atom. The minimum absolute atomic E-state index is 0.161. The molecule has 3 aromatic carbocycles. The quantitative estimate of drug-likeness (QED) is 0.393. The van der Waals surface area contributed by atoms with Crippen molar-refractivity contribution in [2.75, 3.05) is 7.11 Å². The molecule has 0 bridgehead atoms. The van der Waals surface area contributed by atoms with Gasteiger partial charge in [0, 0.05) is 12.6 Å². The highest BCUT2D eigenvalue weighted by Gasteiger charge is 2.20. The summed E-state index contributed by atoms with van der Waals surface area (Å²) in [5, 5.41) is 0. The summed E-state index contributed by atoms with van der Waals surface area (Å²) >= 11 is 0. The Kier molecular flexibility index (Phi) is 5.59. The fourth-order valence-electron chi connectivity index (χ4n) is 4.19. The third-order valence-corrected chi connectivity index (χ3v) is 5.83. The Labute approximate surface area is 196 Å². The number of aromatic nitrogens is 4. The zero-order valence-corrected chi connectivity index (χ0v) is 19.0. The molecule has 170 valence electrons. The SMILES string of the molecule is COc1cccc(-n2c(=O)n(Cc3ccccc3)c(=O)c3c2ncn3Cc2cccc(C)c2)c1. The van der Waals surface area contributed by atoms with Crippen LogP contribution in [0.3, 0.4) is 0 Å². The number of methoxy groups -OCH3 is 1. The molecule has 0 saturated carbocycles. The van der Waals surface area contributed by atoms with Crippen LogP contribution in [0.4, 0.5) is 0 Å². The summed E-state index contributed by atoms with van der Waals surface area (Å²) < 4.78 is 9.92. The van der Waals surface area contributed by atoms with E-state index >= 15 is 0 Å². The fraction of sp³-hybridized carbons (Fsp3) is 0.148. The first-order chi connectivity index (χ1) is 16.5. The molecule has 0 saturated heterocycles. The maximum Gasteiger partial charge on any atom is 0.337 e. The van der Waals surface area contributed by atoms with Gasteiger partial charge in [0.25, 0.3) is 5.56 Å². The maximum absolute atomic E-state index is 13.7. The van der Waals surface area contributed by atoms with Crippen LogP contribution in [-0.2, 0) is 13.1 Å². The van der Waals surface area contributed by atoms with Crippen molar-refractivity contribution in [1.29, 1.82) is 0 Å². The van der Waals surface area contributed by atoms with Gasteiger partial charge in [0.2, 0.25) is 0 Å². The third-order valence-electron chi connectivity index (χ3n) is 5.83. The van der Waals surface area contributed by atoms with Gasteiger partial charge in [-0.25, -0.2) is 14.3 Å². The Morgan fingerprint density at radius 1 is 0.853 bits per heavy atom. The van der Waals surface area contributed by atoms with Crippen LogP contribution in [0.25, 0.3) is 16.9 Å². The van der Waals surface area contributed by atoms with E-state index in [9.17, 15) is 9.59 Å². The lowest BCUT2D eigenvalue weighted by Crippen LogP contribution is -2.40. The Hall–Kier alpha value is -4.39. The Balaban J connectivity index is 1.76. The van der Waals surface area contributed by atoms with Crippen molar-refractivity contribution in [3.05, 3.63) is 123 Å². The molecule has 0 amide bonds. The lowest BCUT2D eigenvalue weighted by atomic mass is 10.1. The van der Waals surface area contributed by atoms with Crippen LogP contribution in [0.5, 0.6) is 5.75 Å². The molecule has 5 rings (SSSR count). The van der Waals surface area contributed by atoms with Gasteiger partial charge in [-0.2, -0.15) is 0 Å². The molecule has 0 aliphatic rings.